The number of aromatic hydroxyl groups is 1. The molecule has 1 atom stereocenters. The number of hydrogen-bond acceptors (Lipinski definition) is 6. The van der Waals surface area contributed by atoms with Gasteiger partial charge in [-0.15, -0.1) is 0 Å². The molecule has 1 aliphatic rings. The molecular weight excluding hydrogens is 310 g/mol. The van der Waals surface area contributed by atoms with E-state index in [1.54, 1.807) is 0 Å². The first-order valence-corrected chi connectivity index (χ1v) is 8.53. The summed E-state index contributed by atoms with van der Waals surface area (Å²) in [6.45, 7) is -0.452. The molecule has 22 heavy (non-hydrogen) atoms. The fourth-order valence-corrected chi connectivity index (χ4v) is 3.97. The maximum atomic E-state index is 11.9. The average molecular weight is 327 g/mol. The average Bonchev–Trinajstić information content (AvgIpc) is 2.84. The molecule has 1 saturated heterocycles. The van der Waals surface area contributed by atoms with Crippen LogP contribution in [0, 0.1) is 0 Å². The van der Waals surface area contributed by atoms with Crippen molar-refractivity contribution in [3.05, 3.63) is 29.8 Å². The van der Waals surface area contributed by atoms with E-state index in [0.29, 0.717) is 6.42 Å². The number of esters is 1. The van der Waals surface area contributed by atoms with Crippen molar-refractivity contribution < 1.29 is 27.9 Å². The van der Waals surface area contributed by atoms with Crippen LogP contribution in [0.3, 0.4) is 0 Å². The van der Waals surface area contributed by atoms with Gasteiger partial charge in [-0.2, -0.15) is 0 Å². The van der Waals surface area contributed by atoms with Crippen molar-refractivity contribution in [1.29, 1.82) is 0 Å². The summed E-state index contributed by atoms with van der Waals surface area (Å²) < 4.78 is 27.7. The molecule has 1 heterocycles. The smallest absolute Gasteiger partial charge is 0.338 e. The van der Waals surface area contributed by atoms with Crippen LogP contribution in [0.25, 0.3) is 0 Å². The number of phenolic OH excluding ortho intramolecular Hbond substituents is 1. The second-order valence-electron chi connectivity index (χ2n) is 5.18. The van der Waals surface area contributed by atoms with Crippen molar-refractivity contribution in [2.24, 2.45) is 0 Å². The third-order valence-electron chi connectivity index (χ3n) is 3.58. The Morgan fingerprint density at radius 1 is 1.32 bits per heavy atom. The van der Waals surface area contributed by atoms with Crippen LogP contribution in [0.5, 0.6) is 5.75 Å². The fourth-order valence-electron chi connectivity index (χ4n) is 2.19. The molecular formula is C14H17NO6S. The maximum Gasteiger partial charge on any atom is 0.338 e. The first-order chi connectivity index (χ1) is 10.3. The highest BCUT2D eigenvalue weighted by molar-refractivity contribution is 7.91. The molecule has 0 unspecified atom stereocenters. The minimum absolute atomic E-state index is 0.0230. The van der Waals surface area contributed by atoms with Crippen LogP contribution in [0.15, 0.2) is 24.3 Å². The lowest BCUT2D eigenvalue weighted by Crippen LogP contribution is -2.40. The molecule has 120 valence electrons. The monoisotopic (exact) mass is 327 g/mol. The topological polar surface area (TPSA) is 101 Å². The molecule has 2 rings (SSSR count). The molecule has 1 amide bonds. The van der Waals surface area contributed by atoms with Crippen LogP contribution in [0.1, 0.15) is 16.8 Å². The Morgan fingerprint density at radius 2 is 1.95 bits per heavy atom. The van der Waals surface area contributed by atoms with E-state index >= 15 is 0 Å². The molecule has 8 heteroatoms. The Bertz CT molecular complexity index is 667. The predicted molar refractivity (Wildman–Crippen MR) is 78.2 cm³/mol. The first-order valence-electron chi connectivity index (χ1n) is 6.71. The number of ether oxygens (including phenoxy) is 1. The van der Waals surface area contributed by atoms with Gasteiger partial charge in [-0.1, -0.05) is 0 Å². The van der Waals surface area contributed by atoms with Crippen molar-refractivity contribution in [2.45, 2.75) is 12.5 Å². The highest BCUT2D eigenvalue weighted by Crippen LogP contribution is 2.17. The highest BCUT2D eigenvalue weighted by Gasteiger charge is 2.32. The van der Waals surface area contributed by atoms with E-state index in [2.05, 4.69) is 0 Å². The SMILES string of the molecule is CN(C(=O)COC(=O)c1ccc(O)cc1)[C@@H]1CCS(=O)(=O)C1. The van der Waals surface area contributed by atoms with Gasteiger partial charge >= 0.3 is 5.97 Å². The quantitative estimate of drug-likeness (QED) is 0.793. The number of rotatable bonds is 4. The van der Waals surface area contributed by atoms with E-state index in [9.17, 15) is 18.0 Å². The van der Waals surface area contributed by atoms with E-state index in [0.717, 1.165) is 0 Å². The zero-order valence-electron chi connectivity index (χ0n) is 12.1. The fraction of sp³-hybridized carbons (Fsp3) is 0.429. The van der Waals surface area contributed by atoms with Gasteiger partial charge in [0, 0.05) is 13.1 Å². The third kappa shape index (κ3) is 3.97. The molecule has 0 aliphatic carbocycles. The lowest BCUT2D eigenvalue weighted by Gasteiger charge is -2.23. The lowest BCUT2D eigenvalue weighted by molar-refractivity contribution is -0.134. The van der Waals surface area contributed by atoms with Gasteiger partial charge in [0.15, 0.2) is 16.4 Å². The zero-order valence-corrected chi connectivity index (χ0v) is 12.9. The number of likely N-dealkylation sites (N-methyl/N-ethyl adjacent to an activating group) is 1. The maximum absolute atomic E-state index is 11.9. The van der Waals surface area contributed by atoms with E-state index in [1.165, 1.54) is 36.2 Å². The summed E-state index contributed by atoms with van der Waals surface area (Å²) in [5.74, 6) is -1.09. The molecule has 1 aromatic rings. The van der Waals surface area contributed by atoms with E-state index < -0.39 is 28.3 Å². The van der Waals surface area contributed by atoms with Gasteiger partial charge in [0.05, 0.1) is 17.1 Å². The van der Waals surface area contributed by atoms with E-state index in [-0.39, 0.29) is 28.9 Å². The van der Waals surface area contributed by atoms with Gasteiger partial charge in [-0.05, 0) is 30.7 Å². The first kappa shape index (κ1) is 16.3. The van der Waals surface area contributed by atoms with Gasteiger partial charge in [-0.25, -0.2) is 13.2 Å². The Balaban J connectivity index is 1.87. The lowest BCUT2D eigenvalue weighted by atomic mass is 10.2. The summed E-state index contributed by atoms with van der Waals surface area (Å²) in [5, 5.41) is 9.13. The number of nitrogens with zero attached hydrogens (tertiary/aromatic N) is 1. The predicted octanol–water partition coefficient (Wildman–Crippen LogP) is 0.195. The summed E-state index contributed by atoms with van der Waals surface area (Å²) in [7, 11) is -1.58. The summed E-state index contributed by atoms with van der Waals surface area (Å²) >= 11 is 0. The molecule has 0 radical (unpaired) electrons. The normalized spacial score (nSPS) is 19.6. The molecule has 0 aromatic heterocycles. The molecule has 7 nitrogen and oxygen atoms in total. The number of carbonyl (C=O) groups is 2. The third-order valence-corrected chi connectivity index (χ3v) is 5.33. The molecule has 0 bridgehead atoms. The van der Waals surface area contributed by atoms with Crippen LogP contribution in [-0.2, 0) is 19.4 Å². The standard InChI is InChI=1S/C14H17NO6S/c1-15(11-6-7-22(19,20)9-11)13(17)8-21-14(18)10-2-4-12(16)5-3-10/h2-5,11,16H,6-9H2,1H3/t11-/m1/s1. The van der Waals surface area contributed by atoms with E-state index in [1.807, 2.05) is 0 Å². The molecule has 1 N–H and O–H groups in total. The van der Waals surface area contributed by atoms with Crippen molar-refractivity contribution in [3.63, 3.8) is 0 Å². The summed E-state index contributed by atoms with van der Waals surface area (Å²) in [4.78, 5) is 25.0. The van der Waals surface area contributed by atoms with Crippen molar-refractivity contribution in [2.75, 3.05) is 25.2 Å². The number of benzene rings is 1. The highest BCUT2D eigenvalue weighted by atomic mass is 32.2. The summed E-state index contributed by atoms with van der Waals surface area (Å²) in [6, 6.07) is 5.08. The summed E-state index contributed by atoms with van der Waals surface area (Å²) in [6.07, 6.45) is 0.399. The van der Waals surface area contributed by atoms with Crippen molar-refractivity contribution in [3.8, 4) is 5.75 Å². The molecule has 0 spiro atoms. The molecule has 1 fully saturated rings. The van der Waals surface area contributed by atoms with Gasteiger partial charge in [0.1, 0.15) is 5.75 Å². The Hall–Kier alpha value is -2.09. The molecule has 0 saturated carbocycles. The second-order valence-corrected chi connectivity index (χ2v) is 7.41. The minimum atomic E-state index is -3.08. The summed E-state index contributed by atoms with van der Waals surface area (Å²) in [5.41, 5.74) is 0.219. The van der Waals surface area contributed by atoms with Crippen LogP contribution in [-0.4, -0.2) is 61.5 Å². The minimum Gasteiger partial charge on any atom is -0.508 e. The molecule has 1 aromatic carbocycles. The van der Waals surface area contributed by atoms with Gasteiger partial charge in [0.2, 0.25) is 0 Å². The Kier molecular flexibility index (Phi) is 4.70. The van der Waals surface area contributed by atoms with Gasteiger partial charge in [0.25, 0.3) is 5.91 Å². The largest absolute Gasteiger partial charge is 0.508 e. The number of phenols is 1. The zero-order chi connectivity index (χ0) is 16.3. The van der Waals surface area contributed by atoms with Crippen LogP contribution in [0.4, 0.5) is 0 Å². The van der Waals surface area contributed by atoms with Crippen molar-refractivity contribution >= 4 is 21.7 Å². The Morgan fingerprint density at radius 3 is 2.50 bits per heavy atom. The van der Waals surface area contributed by atoms with Gasteiger partial charge in [-0.3, -0.25) is 4.79 Å². The number of sulfone groups is 1. The van der Waals surface area contributed by atoms with Crippen LogP contribution < -0.4 is 0 Å². The van der Waals surface area contributed by atoms with Gasteiger partial charge < -0.3 is 14.7 Å². The van der Waals surface area contributed by atoms with Crippen LogP contribution >= 0.6 is 0 Å². The van der Waals surface area contributed by atoms with E-state index in [4.69, 9.17) is 9.84 Å². The number of hydrogen-bond donors (Lipinski definition) is 1. The Labute approximate surface area is 128 Å². The van der Waals surface area contributed by atoms with Crippen LogP contribution in [0.2, 0.25) is 0 Å². The number of carbonyl (C=O) groups excluding carboxylic acids is 2. The number of amides is 1. The second kappa shape index (κ2) is 6.35. The molecule has 1 aliphatic heterocycles. The van der Waals surface area contributed by atoms with Crippen molar-refractivity contribution in [1.82, 2.24) is 4.90 Å².